The summed E-state index contributed by atoms with van der Waals surface area (Å²) < 4.78 is 0. The van der Waals surface area contributed by atoms with Crippen molar-refractivity contribution in [2.45, 2.75) is 19.4 Å². The number of thiophene rings is 1. The van der Waals surface area contributed by atoms with Gasteiger partial charge in [-0.3, -0.25) is 0 Å². The molecule has 0 saturated carbocycles. The van der Waals surface area contributed by atoms with Crippen molar-refractivity contribution in [2.75, 3.05) is 6.61 Å². The Labute approximate surface area is 70.1 Å². The van der Waals surface area contributed by atoms with E-state index in [0.29, 0.717) is 6.42 Å². The summed E-state index contributed by atoms with van der Waals surface area (Å²) >= 11 is 1.54. The number of hydrogen-bond donors (Lipinski definition) is 2. The van der Waals surface area contributed by atoms with Gasteiger partial charge < -0.3 is 10.2 Å². The van der Waals surface area contributed by atoms with Gasteiger partial charge in [0.1, 0.15) is 0 Å². The Morgan fingerprint density at radius 1 is 1.64 bits per heavy atom. The third-order valence-corrected chi connectivity index (χ3v) is 2.63. The summed E-state index contributed by atoms with van der Waals surface area (Å²) in [6.45, 7) is 2.03. The number of rotatable bonds is 3. The lowest BCUT2D eigenvalue weighted by Crippen LogP contribution is -1.96. The van der Waals surface area contributed by atoms with Gasteiger partial charge in [-0.25, -0.2) is 0 Å². The molecule has 1 aromatic rings. The number of hydrogen-bond acceptors (Lipinski definition) is 3. The summed E-state index contributed by atoms with van der Waals surface area (Å²) in [5, 5.41) is 19.9. The number of aryl methyl sites for hydroxylation is 1. The highest BCUT2D eigenvalue weighted by Crippen LogP contribution is 2.23. The van der Waals surface area contributed by atoms with Gasteiger partial charge in [-0.05, 0) is 23.9 Å². The molecule has 0 fully saturated rings. The van der Waals surface area contributed by atoms with Crippen LogP contribution in [0.5, 0.6) is 0 Å². The maximum Gasteiger partial charge on any atom is 0.0903 e. The van der Waals surface area contributed by atoms with Crippen molar-refractivity contribution >= 4 is 11.3 Å². The maximum absolute atomic E-state index is 9.38. The van der Waals surface area contributed by atoms with E-state index in [1.807, 2.05) is 18.4 Å². The van der Waals surface area contributed by atoms with E-state index in [0.717, 1.165) is 4.88 Å². The molecule has 3 heteroatoms. The van der Waals surface area contributed by atoms with Crippen LogP contribution in [0.3, 0.4) is 0 Å². The second-order valence-electron chi connectivity index (χ2n) is 2.55. The lowest BCUT2D eigenvalue weighted by molar-refractivity contribution is 0.137. The van der Waals surface area contributed by atoms with Gasteiger partial charge in [0.2, 0.25) is 0 Å². The summed E-state index contributed by atoms with van der Waals surface area (Å²) in [7, 11) is 0. The summed E-state index contributed by atoms with van der Waals surface area (Å²) in [5.41, 5.74) is 1.17. The fourth-order valence-corrected chi connectivity index (χ4v) is 1.81. The second-order valence-corrected chi connectivity index (χ2v) is 3.50. The van der Waals surface area contributed by atoms with E-state index in [-0.39, 0.29) is 6.61 Å². The molecule has 1 aromatic heterocycles. The minimum Gasteiger partial charge on any atom is -0.396 e. The van der Waals surface area contributed by atoms with E-state index >= 15 is 0 Å². The van der Waals surface area contributed by atoms with Gasteiger partial charge >= 0.3 is 0 Å². The van der Waals surface area contributed by atoms with Gasteiger partial charge in [0, 0.05) is 17.9 Å². The van der Waals surface area contributed by atoms with Crippen molar-refractivity contribution in [1.29, 1.82) is 0 Å². The Morgan fingerprint density at radius 2 is 2.36 bits per heavy atom. The van der Waals surface area contributed by atoms with E-state index in [2.05, 4.69) is 0 Å². The molecule has 0 radical (unpaired) electrons. The van der Waals surface area contributed by atoms with Crippen LogP contribution in [0.4, 0.5) is 0 Å². The van der Waals surface area contributed by atoms with Crippen LogP contribution >= 0.6 is 11.3 Å². The molecule has 0 aromatic carbocycles. The third-order valence-electron chi connectivity index (χ3n) is 1.48. The Hall–Kier alpha value is -0.380. The average molecular weight is 172 g/mol. The minimum atomic E-state index is -0.487. The van der Waals surface area contributed by atoms with Crippen LogP contribution in [-0.2, 0) is 0 Å². The first kappa shape index (κ1) is 8.71. The molecule has 1 unspecified atom stereocenters. The molecule has 0 spiro atoms. The quantitative estimate of drug-likeness (QED) is 0.725. The summed E-state index contributed by atoms with van der Waals surface area (Å²) in [6, 6.07) is 1.95. The smallest absolute Gasteiger partial charge is 0.0903 e. The third kappa shape index (κ3) is 2.29. The first-order valence-electron chi connectivity index (χ1n) is 3.58. The van der Waals surface area contributed by atoms with Crippen LogP contribution in [0, 0.1) is 6.92 Å². The molecule has 0 amide bonds. The molecule has 62 valence electrons. The highest BCUT2D eigenvalue weighted by molar-refractivity contribution is 7.10. The van der Waals surface area contributed by atoms with E-state index in [4.69, 9.17) is 5.11 Å². The van der Waals surface area contributed by atoms with Crippen LogP contribution in [0.15, 0.2) is 11.4 Å². The highest BCUT2D eigenvalue weighted by Gasteiger charge is 2.07. The Balaban J connectivity index is 2.60. The van der Waals surface area contributed by atoms with Gasteiger partial charge in [-0.2, -0.15) is 0 Å². The summed E-state index contributed by atoms with van der Waals surface area (Å²) in [4.78, 5) is 0.941. The molecule has 1 atom stereocenters. The van der Waals surface area contributed by atoms with Crippen molar-refractivity contribution in [3.63, 3.8) is 0 Å². The van der Waals surface area contributed by atoms with E-state index < -0.39 is 6.10 Å². The molecule has 1 heterocycles. The van der Waals surface area contributed by atoms with Crippen molar-refractivity contribution in [3.8, 4) is 0 Å². The van der Waals surface area contributed by atoms with E-state index in [1.54, 1.807) is 0 Å². The number of aliphatic hydroxyl groups is 2. The van der Waals surface area contributed by atoms with Gasteiger partial charge in [0.05, 0.1) is 6.10 Å². The highest BCUT2D eigenvalue weighted by atomic mass is 32.1. The molecular formula is C8H12O2S. The van der Waals surface area contributed by atoms with Crippen molar-refractivity contribution in [3.05, 3.63) is 21.9 Å². The standard InChI is InChI=1S/C8H12O2S/c1-6-4-8(11-5-6)7(10)2-3-9/h4-5,7,9-10H,2-3H2,1H3. The molecule has 1 rings (SSSR count). The second kappa shape index (κ2) is 3.85. The molecule has 2 N–H and O–H groups in total. The monoisotopic (exact) mass is 172 g/mol. The Morgan fingerprint density at radius 3 is 2.82 bits per heavy atom. The largest absolute Gasteiger partial charge is 0.396 e. The van der Waals surface area contributed by atoms with Gasteiger partial charge in [-0.15, -0.1) is 11.3 Å². The zero-order valence-electron chi connectivity index (χ0n) is 6.45. The van der Waals surface area contributed by atoms with Gasteiger partial charge in [-0.1, -0.05) is 0 Å². The first-order valence-corrected chi connectivity index (χ1v) is 4.46. The van der Waals surface area contributed by atoms with Crippen LogP contribution < -0.4 is 0 Å². The van der Waals surface area contributed by atoms with Crippen LogP contribution in [-0.4, -0.2) is 16.8 Å². The van der Waals surface area contributed by atoms with Crippen LogP contribution in [0.1, 0.15) is 23.0 Å². The average Bonchev–Trinajstić information content (AvgIpc) is 2.36. The Kier molecular flexibility index (Phi) is 3.05. The molecule has 11 heavy (non-hydrogen) atoms. The van der Waals surface area contributed by atoms with Crippen molar-refractivity contribution in [2.24, 2.45) is 0 Å². The van der Waals surface area contributed by atoms with Crippen molar-refractivity contribution < 1.29 is 10.2 Å². The zero-order valence-corrected chi connectivity index (χ0v) is 7.27. The molecule has 0 aliphatic carbocycles. The van der Waals surface area contributed by atoms with Gasteiger partial charge in [0.15, 0.2) is 0 Å². The fourth-order valence-electron chi connectivity index (χ4n) is 0.893. The molecule has 0 aliphatic heterocycles. The van der Waals surface area contributed by atoms with Crippen molar-refractivity contribution in [1.82, 2.24) is 0 Å². The van der Waals surface area contributed by atoms with E-state index in [9.17, 15) is 5.11 Å². The molecule has 2 nitrogen and oxygen atoms in total. The lowest BCUT2D eigenvalue weighted by atomic mass is 10.2. The summed E-state index contributed by atoms with van der Waals surface area (Å²) in [6.07, 6.45) is -0.0568. The Bertz CT molecular complexity index is 220. The molecule has 0 saturated heterocycles. The normalized spacial score (nSPS) is 13.4. The topological polar surface area (TPSA) is 40.5 Å². The van der Waals surface area contributed by atoms with E-state index in [1.165, 1.54) is 16.9 Å². The molecule has 0 aliphatic rings. The lowest BCUT2D eigenvalue weighted by Gasteiger charge is -2.04. The zero-order chi connectivity index (χ0) is 8.27. The maximum atomic E-state index is 9.38. The van der Waals surface area contributed by atoms with Crippen LogP contribution in [0.25, 0.3) is 0 Å². The summed E-state index contributed by atoms with van der Waals surface area (Å²) in [5.74, 6) is 0. The predicted molar refractivity (Wildman–Crippen MR) is 45.7 cm³/mol. The predicted octanol–water partition coefficient (Wildman–Crippen LogP) is 1.47. The first-order chi connectivity index (χ1) is 5.24. The minimum absolute atomic E-state index is 0.0398. The van der Waals surface area contributed by atoms with Crippen LogP contribution in [0.2, 0.25) is 0 Å². The molecule has 0 bridgehead atoms. The number of aliphatic hydroxyl groups excluding tert-OH is 2. The fraction of sp³-hybridized carbons (Fsp3) is 0.500. The van der Waals surface area contributed by atoms with Gasteiger partial charge in [0.25, 0.3) is 0 Å². The SMILES string of the molecule is Cc1csc(C(O)CCO)c1. The molecular weight excluding hydrogens is 160 g/mol.